The predicted octanol–water partition coefficient (Wildman–Crippen LogP) is 10.3. The molecule has 0 heteroatoms. The zero-order valence-corrected chi connectivity index (χ0v) is 24.9. The van der Waals surface area contributed by atoms with Crippen LogP contribution < -0.4 is 0 Å². The van der Waals surface area contributed by atoms with Gasteiger partial charge in [-0.2, -0.15) is 0 Å². The molecule has 4 atom stereocenters. The minimum atomic E-state index is 0.620. The highest BCUT2D eigenvalue weighted by Gasteiger charge is 2.12. The van der Waals surface area contributed by atoms with E-state index in [4.69, 9.17) is 0 Å². The molecule has 0 heterocycles. The van der Waals surface area contributed by atoms with Crippen molar-refractivity contribution < 1.29 is 0 Å². The largest absolute Gasteiger partial charge is 0.0750 e. The van der Waals surface area contributed by atoms with Crippen LogP contribution >= 0.6 is 0 Å². The van der Waals surface area contributed by atoms with Crippen molar-refractivity contribution in [2.45, 2.75) is 66.2 Å². The fourth-order valence-electron chi connectivity index (χ4n) is 4.79. The molecule has 0 fully saturated rings. The highest BCUT2D eigenvalue weighted by Crippen LogP contribution is 2.21. The molecule has 0 bridgehead atoms. The van der Waals surface area contributed by atoms with Gasteiger partial charge in [0, 0.05) is 0 Å². The minimum absolute atomic E-state index is 0.620. The molecule has 0 aromatic heterocycles. The van der Waals surface area contributed by atoms with E-state index in [1.807, 2.05) is 0 Å². The van der Waals surface area contributed by atoms with Gasteiger partial charge in [0.05, 0.1) is 0 Å². The van der Waals surface area contributed by atoms with Crippen molar-refractivity contribution >= 4 is 0 Å². The second-order valence-corrected chi connectivity index (χ2v) is 11.4. The summed E-state index contributed by atoms with van der Waals surface area (Å²) in [4.78, 5) is 0. The highest BCUT2D eigenvalue weighted by molar-refractivity contribution is 5.26. The Morgan fingerprint density at radius 1 is 0.450 bits per heavy atom. The van der Waals surface area contributed by atoms with E-state index in [9.17, 15) is 0 Å². The fraction of sp³-hybridized carbons (Fsp3) is 0.350. The Bertz CT molecular complexity index is 1230. The number of hydrogen-bond acceptors (Lipinski definition) is 0. The molecule has 0 amide bonds. The molecule has 3 aromatic carbocycles. The SMILES string of the molecule is CC(CC=C=C=CCc1cccc(CC=C=C=CCC(C)C(C)Cc2ccccc2)c1)C(C)Cc1ccccc1. The van der Waals surface area contributed by atoms with Crippen LogP contribution in [0.15, 0.2) is 132 Å². The third-order valence-corrected chi connectivity index (χ3v) is 7.96. The Balaban J connectivity index is 1.41. The van der Waals surface area contributed by atoms with Gasteiger partial charge in [0.1, 0.15) is 0 Å². The van der Waals surface area contributed by atoms with Crippen LogP contribution in [0, 0.1) is 23.7 Å². The van der Waals surface area contributed by atoms with Crippen molar-refractivity contribution in [1.82, 2.24) is 0 Å². The lowest BCUT2D eigenvalue weighted by atomic mass is 9.87. The molecule has 0 aliphatic heterocycles. The average molecular weight is 527 g/mol. The first kappa shape index (κ1) is 30.8. The van der Waals surface area contributed by atoms with Gasteiger partial charge in [0.15, 0.2) is 0 Å². The van der Waals surface area contributed by atoms with Crippen LogP contribution in [0.3, 0.4) is 0 Å². The summed E-state index contributed by atoms with van der Waals surface area (Å²) in [6.07, 6.45) is 14.5. The van der Waals surface area contributed by atoms with E-state index in [2.05, 4.69) is 160 Å². The topological polar surface area (TPSA) is 0 Å². The van der Waals surface area contributed by atoms with E-state index in [-0.39, 0.29) is 0 Å². The van der Waals surface area contributed by atoms with Crippen LogP contribution in [0.25, 0.3) is 0 Å². The summed E-state index contributed by atoms with van der Waals surface area (Å²) in [5.74, 6) is 2.52. The van der Waals surface area contributed by atoms with Gasteiger partial charge in [0.2, 0.25) is 0 Å². The molecule has 0 saturated carbocycles. The number of benzene rings is 3. The summed E-state index contributed by atoms with van der Waals surface area (Å²) >= 11 is 0. The van der Waals surface area contributed by atoms with Crippen LogP contribution in [0.1, 0.15) is 62.8 Å². The lowest BCUT2D eigenvalue weighted by Gasteiger charge is -2.18. The van der Waals surface area contributed by atoms with Crippen LogP contribution in [0.4, 0.5) is 0 Å². The van der Waals surface area contributed by atoms with Crippen molar-refractivity contribution in [2.24, 2.45) is 23.7 Å². The van der Waals surface area contributed by atoms with E-state index in [1.165, 1.54) is 22.3 Å². The first-order valence-corrected chi connectivity index (χ1v) is 15.0. The molecular weight excluding hydrogens is 480 g/mol. The Hall–Kier alpha value is -3.74. The zero-order chi connectivity index (χ0) is 28.4. The van der Waals surface area contributed by atoms with Crippen molar-refractivity contribution in [1.29, 1.82) is 0 Å². The van der Waals surface area contributed by atoms with Gasteiger partial charge in [-0.15, -0.1) is 0 Å². The molecule has 0 aliphatic carbocycles. The normalized spacial score (nSPS) is 13.3. The predicted molar refractivity (Wildman–Crippen MR) is 172 cm³/mol. The van der Waals surface area contributed by atoms with Crippen molar-refractivity contribution in [3.63, 3.8) is 0 Å². The molecule has 206 valence electrons. The lowest BCUT2D eigenvalue weighted by molar-refractivity contribution is 0.389. The highest BCUT2D eigenvalue weighted by atomic mass is 14.2. The Morgan fingerprint density at radius 2 is 0.825 bits per heavy atom. The molecule has 4 unspecified atom stereocenters. The van der Waals surface area contributed by atoms with Gasteiger partial charge in [-0.05, 0) is 109 Å². The summed E-state index contributed by atoms with van der Waals surface area (Å²) in [7, 11) is 0. The molecular formula is C40H46. The molecule has 0 radical (unpaired) electrons. The minimum Gasteiger partial charge on any atom is -0.0750 e. The van der Waals surface area contributed by atoms with Crippen molar-refractivity contribution in [3.05, 3.63) is 154 Å². The van der Waals surface area contributed by atoms with Gasteiger partial charge >= 0.3 is 0 Å². The Morgan fingerprint density at radius 3 is 1.25 bits per heavy atom. The quantitative estimate of drug-likeness (QED) is 0.183. The molecule has 0 aliphatic rings. The summed E-state index contributed by atoms with van der Waals surface area (Å²) in [5, 5.41) is 0. The Labute approximate surface area is 243 Å². The molecule has 3 rings (SSSR count). The van der Waals surface area contributed by atoms with Crippen LogP contribution in [-0.4, -0.2) is 0 Å². The van der Waals surface area contributed by atoms with Crippen molar-refractivity contribution in [3.8, 4) is 0 Å². The van der Waals surface area contributed by atoms with E-state index in [1.54, 1.807) is 0 Å². The van der Waals surface area contributed by atoms with Crippen LogP contribution in [0.2, 0.25) is 0 Å². The van der Waals surface area contributed by atoms with Crippen LogP contribution in [-0.2, 0) is 25.7 Å². The number of allylic oxidation sites excluding steroid dienone is 4. The molecule has 0 N–H and O–H groups in total. The van der Waals surface area contributed by atoms with Gasteiger partial charge in [0.25, 0.3) is 0 Å². The third kappa shape index (κ3) is 12.0. The van der Waals surface area contributed by atoms with Gasteiger partial charge in [-0.1, -0.05) is 136 Å². The maximum absolute atomic E-state index is 3.24. The maximum atomic E-state index is 3.24. The Kier molecular flexibility index (Phi) is 13.7. The first-order chi connectivity index (χ1) is 19.5. The fourth-order valence-corrected chi connectivity index (χ4v) is 4.79. The number of rotatable bonds is 14. The summed E-state index contributed by atoms with van der Waals surface area (Å²) in [6, 6.07) is 30.3. The zero-order valence-electron chi connectivity index (χ0n) is 24.9. The van der Waals surface area contributed by atoms with E-state index in [0.29, 0.717) is 23.7 Å². The van der Waals surface area contributed by atoms with Crippen LogP contribution in [0.5, 0.6) is 0 Å². The molecule has 0 spiro atoms. The van der Waals surface area contributed by atoms with Gasteiger partial charge in [-0.3, -0.25) is 0 Å². The first-order valence-electron chi connectivity index (χ1n) is 15.0. The molecule has 40 heavy (non-hydrogen) atoms. The van der Waals surface area contributed by atoms with Crippen molar-refractivity contribution in [2.75, 3.05) is 0 Å². The molecule has 0 nitrogen and oxygen atoms in total. The number of hydrogen-bond donors (Lipinski definition) is 0. The summed E-state index contributed by atoms with van der Waals surface area (Å²) in [6.45, 7) is 9.34. The monoisotopic (exact) mass is 526 g/mol. The standard InChI is InChI=1S/C40H46/c1-33(35(3)30-37-22-15-9-16-23-37)20-11-5-7-13-26-39-28-19-29-40(32-39)27-14-8-6-12-21-34(2)36(4)31-38-24-17-10-18-25-38/h9-19,22-25,28-29,32-36H,20-21,26-27,30-31H2,1-4H3. The smallest absolute Gasteiger partial charge is 0.00147 e. The maximum Gasteiger partial charge on any atom is -0.00147 e. The van der Waals surface area contributed by atoms with Gasteiger partial charge in [-0.25, -0.2) is 0 Å². The summed E-state index contributed by atoms with van der Waals surface area (Å²) in [5.41, 5.74) is 18.4. The van der Waals surface area contributed by atoms with E-state index < -0.39 is 0 Å². The van der Waals surface area contributed by atoms with E-state index in [0.717, 1.165) is 38.5 Å². The second kappa shape index (κ2) is 17.8. The average Bonchev–Trinajstić information content (AvgIpc) is 2.97. The summed E-state index contributed by atoms with van der Waals surface area (Å²) < 4.78 is 0. The molecule has 3 aromatic rings. The second-order valence-electron chi connectivity index (χ2n) is 11.4. The lowest BCUT2D eigenvalue weighted by Crippen LogP contribution is -2.10. The molecule has 0 saturated heterocycles. The third-order valence-electron chi connectivity index (χ3n) is 7.96. The van der Waals surface area contributed by atoms with Gasteiger partial charge < -0.3 is 0 Å². The van der Waals surface area contributed by atoms with E-state index >= 15 is 0 Å².